The van der Waals surface area contributed by atoms with Crippen LogP contribution in [-0.4, -0.2) is 9.13 Å². The number of hydrogen-bond donors (Lipinski definition) is 0. The highest BCUT2D eigenvalue weighted by Gasteiger charge is 2.38. The third kappa shape index (κ3) is 4.32. The van der Waals surface area contributed by atoms with E-state index in [1.54, 1.807) is 6.07 Å². The number of rotatable bonds is 3. The number of hydrogen-bond acceptors (Lipinski definition) is 3. The second-order valence-electron chi connectivity index (χ2n) is 6.26. The molecule has 0 spiro atoms. The van der Waals surface area contributed by atoms with Crippen LogP contribution in [0.4, 0.5) is 30.7 Å². The van der Waals surface area contributed by atoms with Gasteiger partial charge in [0.2, 0.25) is 0 Å². The average molecular weight is 448 g/mol. The molecule has 0 atom stereocenters. The molecule has 0 saturated heterocycles. The minimum absolute atomic E-state index is 0.00282. The highest BCUT2D eigenvalue weighted by atomic mass is 19.4. The lowest BCUT2D eigenvalue weighted by molar-refractivity contribution is -0.144. The first kappa shape index (κ1) is 22.1. The summed E-state index contributed by atoms with van der Waals surface area (Å²) in [5.74, 6) is -2.69. The van der Waals surface area contributed by atoms with E-state index in [0.717, 1.165) is 0 Å². The Morgan fingerprint density at radius 2 is 1.48 bits per heavy atom. The van der Waals surface area contributed by atoms with E-state index in [4.69, 9.17) is 4.74 Å². The Labute approximate surface area is 168 Å². The molecule has 164 valence electrons. The fourth-order valence-corrected chi connectivity index (χ4v) is 2.75. The van der Waals surface area contributed by atoms with Crippen molar-refractivity contribution in [2.24, 2.45) is 7.05 Å². The number of alkyl halides is 6. The topological polar surface area (TPSA) is 53.2 Å². The van der Waals surface area contributed by atoms with Gasteiger partial charge < -0.3 is 4.74 Å². The highest BCUT2D eigenvalue weighted by Crippen LogP contribution is 2.40. The number of para-hydroxylation sites is 1. The number of halogens is 7. The molecule has 3 aromatic rings. The summed E-state index contributed by atoms with van der Waals surface area (Å²) in [5.41, 5.74) is -7.34. The van der Waals surface area contributed by atoms with E-state index in [1.165, 1.54) is 24.3 Å². The molecule has 1 heterocycles. The Morgan fingerprint density at radius 1 is 0.871 bits per heavy atom. The minimum Gasteiger partial charge on any atom is -0.457 e. The minimum atomic E-state index is -5.07. The number of benzene rings is 2. The zero-order chi connectivity index (χ0) is 23.1. The fraction of sp³-hybridized carbons (Fsp3) is 0.158. The van der Waals surface area contributed by atoms with E-state index in [-0.39, 0.29) is 27.0 Å². The molecule has 0 aliphatic heterocycles. The third-order valence-corrected chi connectivity index (χ3v) is 4.18. The lowest BCUT2D eigenvalue weighted by atomic mass is 10.1. The lowest BCUT2D eigenvalue weighted by Gasteiger charge is -2.18. The van der Waals surface area contributed by atoms with Gasteiger partial charge in [0, 0.05) is 19.2 Å². The predicted octanol–water partition coefficient (Wildman–Crippen LogP) is 4.51. The van der Waals surface area contributed by atoms with Crippen LogP contribution in [-0.2, 0) is 19.4 Å². The van der Waals surface area contributed by atoms with Crippen LogP contribution in [0.3, 0.4) is 0 Å². The highest BCUT2D eigenvalue weighted by molar-refractivity contribution is 5.49. The summed E-state index contributed by atoms with van der Waals surface area (Å²) in [7, 11) is 0.685. The van der Waals surface area contributed by atoms with Gasteiger partial charge in [-0.3, -0.25) is 9.36 Å². The van der Waals surface area contributed by atoms with Crippen LogP contribution in [0, 0.1) is 5.82 Å². The van der Waals surface area contributed by atoms with Crippen LogP contribution in [0.1, 0.15) is 11.3 Å². The monoisotopic (exact) mass is 448 g/mol. The van der Waals surface area contributed by atoms with E-state index in [2.05, 4.69) is 0 Å². The van der Waals surface area contributed by atoms with E-state index in [9.17, 15) is 40.3 Å². The molecule has 0 aliphatic rings. The number of ether oxygens (including phenoxy) is 1. The van der Waals surface area contributed by atoms with Crippen molar-refractivity contribution < 1.29 is 35.5 Å². The van der Waals surface area contributed by atoms with Crippen molar-refractivity contribution >= 4 is 0 Å². The van der Waals surface area contributed by atoms with Crippen LogP contribution in [0.2, 0.25) is 0 Å². The van der Waals surface area contributed by atoms with Gasteiger partial charge in [-0.25, -0.2) is 13.8 Å². The first-order valence-electron chi connectivity index (χ1n) is 8.35. The van der Waals surface area contributed by atoms with Crippen LogP contribution >= 0.6 is 0 Å². The smallest absolute Gasteiger partial charge is 0.431 e. The molecule has 0 saturated carbocycles. The Morgan fingerprint density at radius 3 is 2.03 bits per heavy atom. The molecule has 0 aliphatic carbocycles. The molecule has 12 heteroatoms. The van der Waals surface area contributed by atoms with Gasteiger partial charge in [0.1, 0.15) is 28.6 Å². The van der Waals surface area contributed by atoms with Crippen LogP contribution < -0.4 is 16.0 Å². The van der Waals surface area contributed by atoms with Gasteiger partial charge in [-0.15, -0.1) is 0 Å². The maximum Gasteiger partial charge on any atom is 0.431 e. The van der Waals surface area contributed by atoms with E-state index >= 15 is 0 Å². The van der Waals surface area contributed by atoms with Crippen molar-refractivity contribution in [2.45, 2.75) is 12.4 Å². The molecule has 1 aromatic heterocycles. The Bertz CT molecular complexity index is 1240. The summed E-state index contributed by atoms with van der Waals surface area (Å²) in [4.78, 5) is 24.5. The van der Waals surface area contributed by atoms with E-state index in [0.29, 0.717) is 13.1 Å². The molecule has 2 aromatic carbocycles. The Hall–Kier alpha value is -3.57. The van der Waals surface area contributed by atoms with Gasteiger partial charge in [-0.2, -0.15) is 26.3 Å². The van der Waals surface area contributed by atoms with Crippen molar-refractivity contribution in [2.75, 3.05) is 0 Å². The standard InChI is InChI=1S/C19H11F7N2O3/c1-27-15(19(24,25)26)9-16(29)28(17(27)30)13-8-14(31-10-5-3-2-4-6-10)11(7-12(13)20)18(21,22)23/h2-9H,1H3. The molecule has 0 amide bonds. The maximum absolute atomic E-state index is 14.5. The molecule has 0 fully saturated rings. The summed E-state index contributed by atoms with van der Waals surface area (Å²) < 4.78 is 98.8. The fourth-order valence-electron chi connectivity index (χ4n) is 2.75. The van der Waals surface area contributed by atoms with Gasteiger partial charge in [0.05, 0.1) is 5.69 Å². The van der Waals surface area contributed by atoms with Crippen molar-refractivity contribution in [1.29, 1.82) is 0 Å². The molecule has 0 radical (unpaired) electrons. The molecule has 3 rings (SSSR count). The molecule has 0 bridgehead atoms. The average Bonchev–Trinajstić information content (AvgIpc) is 2.66. The SMILES string of the molecule is Cn1c(C(F)(F)F)cc(=O)n(-c2cc(Oc3ccccc3)c(C(F)(F)F)cc2F)c1=O. The second kappa shape index (κ2) is 7.60. The molecular weight excluding hydrogens is 437 g/mol. The summed E-state index contributed by atoms with van der Waals surface area (Å²) in [5, 5.41) is 0. The quantitative estimate of drug-likeness (QED) is 0.555. The van der Waals surface area contributed by atoms with Crippen LogP contribution in [0.5, 0.6) is 11.5 Å². The van der Waals surface area contributed by atoms with Gasteiger partial charge in [0.25, 0.3) is 5.56 Å². The summed E-state index contributed by atoms with van der Waals surface area (Å²) in [6.45, 7) is 0. The van der Waals surface area contributed by atoms with Gasteiger partial charge in [-0.05, 0) is 18.2 Å². The Balaban J connectivity index is 2.28. The maximum atomic E-state index is 14.5. The van der Waals surface area contributed by atoms with Crippen molar-refractivity contribution in [1.82, 2.24) is 9.13 Å². The second-order valence-corrected chi connectivity index (χ2v) is 6.26. The van der Waals surface area contributed by atoms with Gasteiger partial charge in [0.15, 0.2) is 0 Å². The molecule has 0 unspecified atom stereocenters. The van der Waals surface area contributed by atoms with E-state index in [1.807, 2.05) is 0 Å². The van der Waals surface area contributed by atoms with Gasteiger partial charge in [-0.1, -0.05) is 18.2 Å². The first-order chi connectivity index (χ1) is 14.3. The lowest BCUT2D eigenvalue weighted by Crippen LogP contribution is -2.41. The number of nitrogens with zero attached hydrogens (tertiary/aromatic N) is 2. The molecular formula is C19H11F7N2O3. The van der Waals surface area contributed by atoms with Crippen LogP contribution in [0.15, 0.2) is 58.1 Å². The predicted molar refractivity (Wildman–Crippen MR) is 93.8 cm³/mol. The zero-order valence-electron chi connectivity index (χ0n) is 15.4. The molecule has 31 heavy (non-hydrogen) atoms. The molecule has 0 N–H and O–H groups in total. The van der Waals surface area contributed by atoms with Crippen molar-refractivity contribution in [3.63, 3.8) is 0 Å². The van der Waals surface area contributed by atoms with E-state index < -0.39 is 52.1 Å². The largest absolute Gasteiger partial charge is 0.457 e. The van der Waals surface area contributed by atoms with Crippen LogP contribution in [0.25, 0.3) is 5.69 Å². The normalized spacial score (nSPS) is 12.1. The molecule has 5 nitrogen and oxygen atoms in total. The van der Waals surface area contributed by atoms with Gasteiger partial charge >= 0.3 is 18.0 Å². The summed E-state index contributed by atoms with van der Waals surface area (Å²) in [6, 6.07) is 7.51. The van der Waals surface area contributed by atoms with Crippen molar-refractivity contribution in [3.8, 4) is 17.2 Å². The Kier molecular flexibility index (Phi) is 5.42. The summed E-state index contributed by atoms with van der Waals surface area (Å²) in [6.07, 6.45) is -10.1. The third-order valence-electron chi connectivity index (χ3n) is 4.18. The first-order valence-corrected chi connectivity index (χ1v) is 8.35. The number of aromatic nitrogens is 2. The zero-order valence-corrected chi connectivity index (χ0v) is 15.4. The van der Waals surface area contributed by atoms with Crippen molar-refractivity contribution in [3.05, 3.63) is 86.4 Å². The summed E-state index contributed by atoms with van der Waals surface area (Å²) >= 11 is 0.